The molecule has 2 rings (SSSR count). The quantitative estimate of drug-likeness (QED) is 0.751. The monoisotopic (exact) mass is 385 g/mol. The van der Waals surface area contributed by atoms with Crippen LogP contribution in [-0.4, -0.2) is 43.3 Å². The first kappa shape index (κ1) is 20.2. The Hall–Kier alpha value is -1.07. The lowest BCUT2D eigenvalue weighted by atomic mass is 10.1. The fourth-order valence-electron chi connectivity index (χ4n) is 3.34. The molecule has 0 saturated carbocycles. The molecule has 0 atom stereocenters. The summed E-state index contributed by atoms with van der Waals surface area (Å²) < 4.78 is 24.7. The van der Waals surface area contributed by atoms with E-state index in [4.69, 9.17) is 11.6 Å². The number of rotatable bonds is 6. The molecule has 4 nitrogen and oxygen atoms in total. The van der Waals surface area contributed by atoms with Gasteiger partial charge in [0.25, 0.3) is 0 Å². The summed E-state index contributed by atoms with van der Waals surface area (Å²) in [5, 5.41) is 0.442. The van der Waals surface area contributed by atoms with Gasteiger partial charge in [-0.1, -0.05) is 37.6 Å². The molecule has 140 valence electrons. The number of nitrogens with zero attached hydrogens (tertiary/aromatic N) is 1. The molecule has 0 spiro atoms. The van der Waals surface area contributed by atoms with E-state index < -0.39 is 9.84 Å². The van der Waals surface area contributed by atoms with Gasteiger partial charge in [-0.15, -0.1) is 0 Å². The Labute approximate surface area is 156 Å². The SMILES string of the molecule is Cc1cc(CCC(=O)N2CCC(S(=O)(=O)CC(C)C)CC2)ccc1Cl. The van der Waals surface area contributed by atoms with Gasteiger partial charge in [0.15, 0.2) is 9.84 Å². The molecule has 0 bridgehead atoms. The lowest BCUT2D eigenvalue weighted by molar-refractivity contribution is -0.132. The Bertz CT molecular complexity index is 707. The van der Waals surface area contributed by atoms with E-state index in [1.54, 1.807) is 0 Å². The first-order valence-electron chi connectivity index (χ1n) is 8.93. The maximum absolute atomic E-state index is 12.4. The molecule has 1 fully saturated rings. The maximum atomic E-state index is 12.4. The number of carbonyl (C=O) groups is 1. The van der Waals surface area contributed by atoms with Crippen LogP contribution < -0.4 is 0 Å². The van der Waals surface area contributed by atoms with E-state index >= 15 is 0 Å². The zero-order valence-electron chi connectivity index (χ0n) is 15.3. The third-order valence-corrected chi connectivity index (χ3v) is 7.76. The number of hydrogen-bond donors (Lipinski definition) is 0. The molecular weight excluding hydrogens is 358 g/mol. The second-order valence-corrected chi connectivity index (χ2v) is 10.1. The average Bonchev–Trinajstić information content (AvgIpc) is 2.54. The fraction of sp³-hybridized carbons (Fsp3) is 0.632. The molecule has 0 aliphatic carbocycles. The molecule has 0 aromatic heterocycles. The van der Waals surface area contributed by atoms with Gasteiger partial charge in [0, 0.05) is 24.5 Å². The van der Waals surface area contributed by atoms with E-state index in [1.807, 2.05) is 43.9 Å². The molecule has 1 aliphatic heterocycles. The van der Waals surface area contributed by atoms with Crippen molar-refractivity contribution in [2.45, 2.75) is 51.7 Å². The molecule has 1 heterocycles. The van der Waals surface area contributed by atoms with Crippen molar-refractivity contribution < 1.29 is 13.2 Å². The van der Waals surface area contributed by atoms with Crippen molar-refractivity contribution in [3.05, 3.63) is 34.3 Å². The second kappa shape index (κ2) is 8.54. The van der Waals surface area contributed by atoms with Crippen LogP contribution in [-0.2, 0) is 21.1 Å². The summed E-state index contributed by atoms with van der Waals surface area (Å²) in [5.41, 5.74) is 2.12. The van der Waals surface area contributed by atoms with Crippen molar-refractivity contribution in [3.63, 3.8) is 0 Å². The molecule has 1 amide bonds. The number of likely N-dealkylation sites (tertiary alicyclic amines) is 1. The number of aryl methyl sites for hydroxylation is 2. The van der Waals surface area contributed by atoms with Gasteiger partial charge in [-0.25, -0.2) is 8.42 Å². The van der Waals surface area contributed by atoms with E-state index in [9.17, 15) is 13.2 Å². The van der Waals surface area contributed by atoms with Crippen LogP contribution in [0.4, 0.5) is 0 Å². The topological polar surface area (TPSA) is 54.5 Å². The van der Waals surface area contributed by atoms with Gasteiger partial charge in [0.2, 0.25) is 5.91 Å². The highest BCUT2D eigenvalue weighted by molar-refractivity contribution is 7.92. The zero-order valence-corrected chi connectivity index (χ0v) is 16.9. The van der Waals surface area contributed by atoms with Crippen molar-refractivity contribution >= 4 is 27.3 Å². The highest BCUT2D eigenvalue weighted by atomic mass is 35.5. The van der Waals surface area contributed by atoms with E-state index in [1.165, 1.54) is 0 Å². The summed E-state index contributed by atoms with van der Waals surface area (Å²) >= 11 is 6.02. The van der Waals surface area contributed by atoms with Crippen LogP contribution in [0.2, 0.25) is 5.02 Å². The minimum atomic E-state index is -3.05. The average molecular weight is 386 g/mol. The Kier molecular flexibility index (Phi) is 6.92. The predicted molar refractivity (Wildman–Crippen MR) is 103 cm³/mol. The number of benzene rings is 1. The minimum absolute atomic E-state index is 0.104. The predicted octanol–water partition coefficient (Wildman–Crippen LogP) is 3.64. The molecule has 1 aromatic rings. The van der Waals surface area contributed by atoms with E-state index in [-0.39, 0.29) is 22.8 Å². The zero-order chi connectivity index (χ0) is 18.6. The number of halogens is 1. The van der Waals surface area contributed by atoms with Crippen molar-refractivity contribution in [2.75, 3.05) is 18.8 Å². The third-order valence-electron chi connectivity index (χ3n) is 4.72. The van der Waals surface area contributed by atoms with Crippen LogP contribution >= 0.6 is 11.6 Å². The Morgan fingerprint density at radius 1 is 1.28 bits per heavy atom. The van der Waals surface area contributed by atoms with Crippen molar-refractivity contribution in [3.8, 4) is 0 Å². The lowest BCUT2D eigenvalue weighted by Crippen LogP contribution is -2.43. The Morgan fingerprint density at radius 3 is 2.48 bits per heavy atom. The number of amides is 1. The van der Waals surface area contributed by atoms with Crippen LogP contribution in [0.1, 0.15) is 44.2 Å². The van der Waals surface area contributed by atoms with Crippen molar-refractivity contribution in [1.82, 2.24) is 4.90 Å². The summed E-state index contributed by atoms with van der Waals surface area (Å²) in [6, 6.07) is 5.83. The molecule has 25 heavy (non-hydrogen) atoms. The number of piperidine rings is 1. The van der Waals surface area contributed by atoms with Gasteiger partial charge in [-0.3, -0.25) is 4.79 Å². The number of hydrogen-bond acceptors (Lipinski definition) is 3. The molecular formula is C19H28ClNO3S. The first-order valence-corrected chi connectivity index (χ1v) is 11.0. The van der Waals surface area contributed by atoms with Crippen LogP contribution in [0.25, 0.3) is 0 Å². The lowest BCUT2D eigenvalue weighted by Gasteiger charge is -2.32. The van der Waals surface area contributed by atoms with Crippen LogP contribution in [0, 0.1) is 12.8 Å². The van der Waals surface area contributed by atoms with Crippen LogP contribution in [0.15, 0.2) is 18.2 Å². The number of carbonyl (C=O) groups excluding carboxylic acids is 1. The van der Waals surface area contributed by atoms with E-state index in [0.29, 0.717) is 38.8 Å². The van der Waals surface area contributed by atoms with Gasteiger partial charge < -0.3 is 4.90 Å². The summed E-state index contributed by atoms with van der Waals surface area (Å²) in [7, 11) is -3.05. The summed E-state index contributed by atoms with van der Waals surface area (Å²) in [6.07, 6.45) is 2.24. The highest BCUT2D eigenvalue weighted by Crippen LogP contribution is 2.22. The summed E-state index contributed by atoms with van der Waals surface area (Å²) in [4.78, 5) is 14.2. The molecule has 1 aliphatic rings. The van der Waals surface area contributed by atoms with Gasteiger partial charge in [-0.2, -0.15) is 0 Å². The van der Waals surface area contributed by atoms with Crippen molar-refractivity contribution in [1.29, 1.82) is 0 Å². The third kappa shape index (κ3) is 5.71. The van der Waals surface area contributed by atoms with E-state index in [2.05, 4.69) is 0 Å². The van der Waals surface area contributed by atoms with Gasteiger partial charge in [0.1, 0.15) is 0 Å². The highest BCUT2D eigenvalue weighted by Gasteiger charge is 2.31. The fourth-order valence-corrected chi connectivity index (χ4v) is 5.58. The molecule has 0 N–H and O–H groups in total. The van der Waals surface area contributed by atoms with E-state index in [0.717, 1.165) is 16.1 Å². The Balaban J connectivity index is 1.84. The summed E-state index contributed by atoms with van der Waals surface area (Å²) in [5.74, 6) is 0.487. The molecule has 1 saturated heterocycles. The van der Waals surface area contributed by atoms with Gasteiger partial charge in [-0.05, 0) is 49.3 Å². The smallest absolute Gasteiger partial charge is 0.222 e. The molecule has 0 unspecified atom stereocenters. The minimum Gasteiger partial charge on any atom is -0.343 e. The molecule has 6 heteroatoms. The summed E-state index contributed by atoms with van der Waals surface area (Å²) in [6.45, 7) is 6.89. The molecule has 0 radical (unpaired) electrons. The standard InChI is InChI=1S/C19H28ClNO3S/c1-14(2)13-25(23,24)17-8-10-21(11-9-17)19(22)7-5-16-4-6-18(20)15(3)12-16/h4,6,12,14,17H,5,7-11,13H2,1-3H3. The van der Waals surface area contributed by atoms with Crippen molar-refractivity contribution in [2.24, 2.45) is 5.92 Å². The first-order chi connectivity index (χ1) is 11.7. The normalized spacial score (nSPS) is 16.4. The van der Waals surface area contributed by atoms with Crippen LogP contribution in [0.5, 0.6) is 0 Å². The van der Waals surface area contributed by atoms with Gasteiger partial charge in [0.05, 0.1) is 11.0 Å². The molecule has 1 aromatic carbocycles. The van der Waals surface area contributed by atoms with Crippen LogP contribution in [0.3, 0.4) is 0 Å². The number of sulfone groups is 1. The second-order valence-electron chi connectivity index (χ2n) is 7.39. The van der Waals surface area contributed by atoms with Gasteiger partial charge >= 0.3 is 0 Å². The Morgan fingerprint density at radius 2 is 1.92 bits per heavy atom. The maximum Gasteiger partial charge on any atom is 0.222 e. The largest absolute Gasteiger partial charge is 0.343 e.